The number of H-pyrrole nitrogens is 1. The van der Waals surface area contributed by atoms with Crippen LogP contribution in [0.25, 0.3) is 33.1 Å². The summed E-state index contributed by atoms with van der Waals surface area (Å²) in [5, 5.41) is 1.07. The van der Waals surface area contributed by atoms with Crippen molar-refractivity contribution in [3.63, 3.8) is 0 Å². The zero-order valence-corrected chi connectivity index (χ0v) is 22.0. The number of hydrogen-bond donors (Lipinski definition) is 1. The highest BCUT2D eigenvalue weighted by molar-refractivity contribution is 6.00. The summed E-state index contributed by atoms with van der Waals surface area (Å²) in [6.45, 7) is 4.37. The Hall–Kier alpha value is -4.14. The van der Waals surface area contributed by atoms with Crippen LogP contribution in [0.1, 0.15) is 18.4 Å². The van der Waals surface area contributed by atoms with Gasteiger partial charge in [-0.05, 0) is 31.3 Å². The van der Waals surface area contributed by atoms with Gasteiger partial charge in [-0.1, -0.05) is 12.0 Å². The van der Waals surface area contributed by atoms with Gasteiger partial charge < -0.3 is 24.4 Å². The Labute approximate surface area is 228 Å². The molecular weight excluding hydrogens is 516 g/mol. The zero-order chi connectivity index (χ0) is 27.5. The largest absolute Gasteiger partial charge is 0.371 e. The predicted molar refractivity (Wildman–Crippen MR) is 149 cm³/mol. The fraction of sp³-hybridized carbons (Fsp3) is 0.379. The van der Waals surface area contributed by atoms with E-state index < -0.39 is 17.2 Å². The van der Waals surface area contributed by atoms with Gasteiger partial charge in [0.25, 0.3) is 0 Å². The number of hydrogen-bond acceptors (Lipinski definition) is 8. The van der Waals surface area contributed by atoms with Crippen molar-refractivity contribution in [2.45, 2.75) is 25.0 Å². The Morgan fingerprint density at radius 1 is 1.07 bits per heavy atom. The topological polar surface area (TPSA) is 90.5 Å². The Morgan fingerprint density at radius 2 is 1.82 bits per heavy atom. The molecule has 0 saturated carbocycles. The molecule has 6 heterocycles. The lowest BCUT2D eigenvalue weighted by molar-refractivity contribution is 0.0303. The van der Waals surface area contributed by atoms with E-state index in [2.05, 4.69) is 37.6 Å². The van der Waals surface area contributed by atoms with Crippen molar-refractivity contribution < 1.29 is 13.5 Å². The number of piperazine rings is 1. The van der Waals surface area contributed by atoms with Crippen molar-refractivity contribution in [3.8, 4) is 23.7 Å². The molecule has 3 fully saturated rings. The molecule has 11 heteroatoms. The standard InChI is InChI=1S/C29H27F2N7O2/c1-3-19-21(30)7-4-16-12-22(39)33-26(23(16)19)27-24(31)25-20(13-32-27)28(38-14-17-5-6-18(15-38)40-17)35-29(34-25)37-10-8-36(2)9-11-37/h1,4,7,12-13,17-18H,5-6,8-11,14-15H2,2H3,(H,33,39)/t17-,18+. The predicted octanol–water partition coefficient (Wildman–Crippen LogP) is 2.91. The highest BCUT2D eigenvalue weighted by atomic mass is 19.1. The van der Waals surface area contributed by atoms with Crippen LogP contribution in [0.3, 0.4) is 0 Å². The van der Waals surface area contributed by atoms with E-state index in [1.54, 1.807) is 0 Å². The number of rotatable bonds is 3. The molecule has 3 saturated heterocycles. The van der Waals surface area contributed by atoms with Crippen molar-refractivity contribution >= 4 is 33.4 Å². The first-order valence-corrected chi connectivity index (χ1v) is 13.4. The number of morpholine rings is 1. The minimum atomic E-state index is -0.733. The lowest BCUT2D eigenvalue weighted by Crippen LogP contribution is -2.46. The molecule has 0 aliphatic carbocycles. The molecule has 0 amide bonds. The summed E-state index contributed by atoms with van der Waals surface area (Å²) in [6.07, 6.45) is 9.33. The minimum absolute atomic E-state index is 0.0140. The number of halogens is 2. The Bertz CT molecular complexity index is 1750. The van der Waals surface area contributed by atoms with Gasteiger partial charge in [-0.25, -0.2) is 13.8 Å². The summed E-state index contributed by atoms with van der Waals surface area (Å²) in [6, 6.07) is 3.94. The van der Waals surface area contributed by atoms with Gasteiger partial charge >= 0.3 is 0 Å². The second kappa shape index (κ2) is 9.50. The molecule has 1 N–H and O–H groups in total. The Kier molecular flexibility index (Phi) is 5.91. The van der Waals surface area contributed by atoms with Crippen LogP contribution in [-0.2, 0) is 4.74 Å². The monoisotopic (exact) mass is 543 g/mol. The van der Waals surface area contributed by atoms with Crippen LogP contribution in [0.4, 0.5) is 20.5 Å². The maximum atomic E-state index is 16.6. The first-order chi connectivity index (χ1) is 19.4. The van der Waals surface area contributed by atoms with Crippen LogP contribution in [0.2, 0.25) is 0 Å². The third-order valence-electron chi connectivity index (χ3n) is 8.13. The summed E-state index contributed by atoms with van der Waals surface area (Å²) in [5.41, 5.74) is -0.619. The quantitative estimate of drug-likeness (QED) is 0.395. The summed E-state index contributed by atoms with van der Waals surface area (Å²) < 4.78 is 37.3. The number of terminal acetylenes is 1. The fourth-order valence-electron chi connectivity index (χ4n) is 6.05. The summed E-state index contributed by atoms with van der Waals surface area (Å²) in [7, 11) is 2.06. The average molecular weight is 544 g/mol. The lowest BCUT2D eigenvalue weighted by Gasteiger charge is -2.35. The molecule has 40 heavy (non-hydrogen) atoms. The molecule has 9 nitrogen and oxygen atoms in total. The Balaban J connectivity index is 1.45. The number of aromatic amines is 1. The van der Waals surface area contributed by atoms with Gasteiger partial charge in [-0.15, -0.1) is 6.42 Å². The fourth-order valence-corrected chi connectivity index (χ4v) is 6.05. The highest BCUT2D eigenvalue weighted by Gasteiger charge is 2.36. The number of fused-ring (bicyclic) bond motifs is 4. The second-order valence-corrected chi connectivity index (χ2v) is 10.7. The van der Waals surface area contributed by atoms with E-state index in [1.807, 2.05) is 0 Å². The third kappa shape index (κ3) is 4.06. The van der Waals surface area contributed by atoms with Gasteiger partial charge in [0, 0.05) is 56.9 Å². The molecule has 204 valence electrons. The van der Waals surface area contributed by atoms with Crippen molar-refractivity contribution in [2.75, 3.05) is 56.1 Å². The summed E-state index contributed by atoms with van der Waals surface area (Å²) in [4.78, 5) is 35.7. The van der Waals surface area contributed by atoms with Crippen LogP contribution >= 0.6 is 0 Å². The number of ether oxygens (including phenoxy) is 1. The molecule has 3 aromatic heterocycles. The average Bonchev–Trinajstić information content (AvgIpc) is 3.30. The normalized spacial score (nSPS) is 21.4. The third-order valence-corrected chi connectivity index (χ3v) is 8.13. The SMILES string of the molecule is C#Cc1c(F)ccc2cc(=O)[nH]c(-c3ncc4c(N5C[C@H]6CC[C@@H](C5)O6)nc(N5CCN(C)CC5)nc4c3F)c12. The van der Waals surface area contributed by atoms with E-state index in [1.165, 1.54) is 24.4 Å². The number of anilines is 2. The van der Waals surface area contributed by atoms with Crippen molar-refractivity contribution in [1.82, 2.24) is 24.8 Å². The van der Waals surface area contributed by atoms with Crippen LogP contribution < -0.4 is 15.4 Å². The number of aromatic nitrogens is 4. The summed E-state index contributed by atoms with van der Waals surface area (Å²) >= 11 is 0. The second-order valence-electron chi connectivity index (χ2n) is 10.7. The van der Waals surface area contributed by atoms with E-state index in [-0.39, 0.29) is 40.1 Å². The Morgan fingerprint density at radius 3 is 2.55 bits per heavy atom. The zero-order valence-electron chi connectivity index (χ0n) is 22.0. The molecule has 2 atom stereocenters. The molecule has 0 unspecified atom stereocenters. The maximum Gasteiger partial charge on any atom is 0.249 e. The van der Waals surface area contributed by atoms with Gasteiger partial charge in [0.1, 0.15) is 22.8 Å². The van der Waals surface area contributed by atoms with E-state index in [4.69, 9.17) is 21.1 Å². The number of nitrogens with one attached hydrogen (secondary N) is 1. The van der Waals surface area contributed by atoms with Gasteiger partial charge in [0.05, 0.1) is 28.9 Å². The molecule has 3 aliphatic heterocycles. The lowest BCUT2D eigenvalue weighted by atomic mass is 10.0. The van der Waals surface area contributed by atoms with E-state index >= 15 is 4.39 Å². The number of benzene rings is 1. The highest BCUT2D eigenvalue weighted by Crippen LogP contribution is 2.37. The van der Waals surface area contributed by atoms with Gasteiger partial charge in [-0.2, -0.15) is 4.98 Å². The van der Waals surface area contributed by atoms with E-state index in [9.17, 15) is 9.18 Å². The molecular formula is C29H27F2N7O2. The van der Waals surface area contributed by atoms with Crippen LogP contribution in [0, 0.1) is 24.0 Å². The van der Waals surface area contributed by atoms with Crippen molar-refractivity contribution in [3.05, 3.63) is 51.9 Å². The number of nitrogens with zero attached hydrogens (tertiary/aromatic N) is 6. The molecule has 7 rings (SSSR count). The van der Waals surface area contributed by atoms with Gasteiger partial charge in [-0.3, -0.25) is 9.78 Å². The molecule has 3 aliphatic rings. The minimum Gasteiger partial charge on any atom is -0.371 e. The first-order valence-electron chi connectivity index (χ1n) is 13.4. The van der Waals surface area contributed by atoms with Crippen LogP contribution in [0.15, 0.2) is 29.2 Å². The number of likely N-dealkylation sites (N-methyl/N-ethyl adjacent to an activating group) is 1. The molecule has 1 aromatic carbocycles. The van der Waals surface area contributed by atoms with Crippen molar-refractivity contribution in [2.24, 2.45) is 0 Å². The molecule has 4 aromatic rings. The number of pyridine rings is 2. The smallest absolute Gasteiger partial charge is 0.249 e. The molecule has 2 bridgehead atoms. The van der Waals surface area contributed by atoms with Gasteiger partial charge in [0.15, 0.2) is 5.82 Å². The van der Waals surface area contributed by atoms with Crippen molar-refractivity contribution in [1.29, 1.82) is 0 Å². The molecule has 0 spiro atoms. The first kappa shape index (κ1) is 24.9. The summed E-state index contributed by atoms with van der Waals surface area (Å²) in [5.74, 6) is 2.01. The van der Waals surface area contributed by atoms with Gasteiger partial charge in [0.2, 0.25) is 11.5 Å². The van der Waals surface area contributed by atoms with Crippen LogP contribution in [0.5, 0.6) is 0 Å². The van der Waals surface area contributed by atoms with E-state index in [0.717, 1.165) is 25.9 Å². The van der Waals surface area contributed by atoms with E-state index in [0.29, 0.717) is 48.7 Å². The molecule has 0 radical (unpaired) electrons. The maximum absolute atomic E-state index is 16.6. The van der Waals surface area contributed by atoms with Crippen LogP contribution in [-0.4, -0.2) is 83.4 Å².